The second-order valence-electron chi connectivity index (χ2n) is 23.2. The molecule has 0 aliphatic carbocycles. The molecule has 3 aliphatic rings. The number of carbonyl (C=O) groups excluding carboxylic acids is 8. The first-order valence-corrected chi connectivity index (χ1v) is 31.2. The summed E-state index contributed by atoms with van der Waals surface area (Å²) < 4.78 is 79.8. The number of nitrogens with one attached hydrogen (secondary N) is 6. The molecule has 0 spiro atoms. The minimum atomic E-state index is -5.19. The lowest BCUT2D eigenvalue weighted by atomic mass is 9.83. The van der Waals surface area contributed by atoms with E-state index >= 15 is 13.2 Å². The summed E-state index contributed by atoms with van der Waals surface area (Å²) in [5.41, 5.74) is -0.173. The normalized spacial score (nSPS) is 24.0. The van der Waals surface area contributed by atoms with Crippen LogP contribution in [0.4, 0.5) is 44.6 Å². The number of primary amides is 1. The van der Waals surface area contributed by atoms with Crippen LogP contribution < -0.4 is 47.3 Å². The summed E-state index contributed by atoms with van der Waals surface area (Å²) in [6.45, 7) is 11.8. The number of rotatable bonds is 23. The van der Waals surface area contributed by atoms with Crippen LogP contribution in [0.2, 0.25) is 5.02 Å². The molecule has 3 heterocycles. The lowest BCUT2D eigenvalue weighted by molar-refractivity contribution is -0.160. The fraction of sp³-hybridized carbons (Fsp3) is 0.593. The van der Waals surface area contributed by atoms with E-state index in [0.29, 0.717) is 48.0 Å². The molecular weight excluding hydrogens is 1310 g/mol. The number of unbranched alkanes of at least 4 members (excludes halogenated alkanes) is 1. The zero-order valence-corrected chi connectivity index (χ0v) is 54.7. The van der Waals surface area contributed by atoms with Crippen molar-refractivity contribution in [3.8, 4) is 5.75 Å². The standard InChI is InChI=1S/C59H80Br2ClF3N8O15/c1-31(2)48(71-45(74)18-11-12-21-56(5,6)88-52(78)35(29-60)30-61)51(77)69-39(16-14-22-67-53(66)79)50(76)68-36-19-20-38(37(26-36)59(63,64)65)70-54(80)86-44-27-46(75)73(8)40-24-34(25-41(83-9)47(40)62)23-32(3)15-13-17-43(84-10)58(82)28-42(85-55(81)72-58)33(4)49-57(44,7)87-49/h13,15,17,19-20,24-26,31,33,35,39,42-44,48-49,82H,11-12,14,16,18,21-23,27-30H2,1-10H3,(H,68,76)(H,69,77)(H,70,80)(H,71,74)(H,72,81)(H3,66,67,79)/b17-13+,32-15+/t33-,39+,42+,43-,44+,48+,49+,57+,58+/m1/s1. The number of methoxy groups -OCH3 is 2. The maximum absolute atomic E-state index is 15.1. The van der Waals surface area contributed by atoms with Crippen molar-refractivity contribution in [2.24, 2.45) is 23.5 Å². The molecule has 8 amide bonds. The lowest BCUT2D eigenvalue weighted by Crippen LogP contribution is -2.63. The van der Waals surface area contributed by atoms with E-state index in [9.17, 15) is 43.5 Å². The predicted molar refractivity (Wildman–Crippen MR) is 328 cm³/mol. The van der Waals surface area contributed by atoms with Gasteiger partial charge in [0, 0.05) is 55.8 Å². The van der Waals surface area contributed by atoms with Crippen LogP contribution in [0, 0.1) is 17.8 Å². The van der Waals surface area contributed by atoms with Crippen molar-refractivity contribution in [3.05, 3.63) is 70.3 Å². The highest BCUT2D eigenvalue weighted by atomic mass is 79.9. The number of carbonyl (C=O) groups is 8. The van der Waals surface area contributed by atoms with Crippen LogP contribution in [0.15, 0.2) is 54.1 Å². The van der Waals surface area contributed by atoms with Gasteiger partial charge in [-0.15, -0.1) is 0 Å². The first-order chi connectivity index (χ1) is 41.2. The molecule has 2 aromatic rings. The summed E-state index contributed by atoms with van der Waals surface area (Å²) in [6, 6.07) is 2.32. The Hall–Kier alpha value is -6.20. The average molecular weight is 1390 g/mol. The Morgan fingerprint density at radius 1 is 1.00 bits per heavy atom. The van der Waals surface area contributed by atoms with Crippen LogP contribution in [-0.2, 0) is 60.3 Å². The highest BCUT2D eigenvalue weighted by molar-refractivity contribution is 9.09. The van der Waals surface area contributed by atoms with E-state index in [4.69, 9.17) is 45.8 Å². The monoisotopic (exact) mass is 1390 g/mol. The summed E-state index contributed by atoms with van der Waals surface area (Å²) >= 11 is 13.4. The number of epoxide rings is 1. The topological polar surface area (TPSA) is 317 Å². The third-order valence-electron chi connectivity index (χ3n) is 15.4. The summed E-state index contributed by atoms with van der Waals surface area (Å²) in [6.07, 6.45) is -6.59. The van der Waals surface area contributed by atoms with E-state index in [2.05, 4.69) is 63.8 Å². The summed E-state index contributed by atoms with van der Waals surface area (Å²) in [7, 11) is 4.17. The SMILES string of the molecule is COc1cc2cc(c1Cl)N(C)C(=O)C[C@H](OC(=O)Nc1ccc(NC(=O)[C@H](CCCNC(N)=O)NC(=O)[C@@H](NC(=O)CCCCC(C)(C)OC(=O)C(CBr)CBr)C(C)C)cc1C(F)(F)F)[C@]1(C)O[C@H]1[C@H](C)[C@@H]1C[C@@](O)(NC(=O)O1)[C@H](OC)/C=C/C=C(\C)C2. The van der Waals surface area contributed by atoms with Crippen molar-refractivity contribution in [2.75, 3.05) is 54.0 Å². The Balaban J connectivity index is 1.38. The molecule has 3 aliphatic heterocycles. The van der Waals surface area contributed by atoms with Gasteiger partial charge in [-0.3, -0.25) is 34.6 Å². The minimum Gasteiger partial charge on any atom is -0.495 e. The third kappa shape index (κ3) is 19.9. The maximum Gasteiger partial charge on any atom is 0.418 e. The highest BCUT2D eigenvalue weighted by Gasteiger charge is 2.64. The van der Waals surface area contributed by atoms with Gasteiger partial charge in [-0.25, -0.2) is 14.4 Å². The van der Waals surface area contributed by atoms with Gasteiger partial charge in [0.15, 0.2) is 5.72 Å². The maximum atomic E-state index is 15.1. The van der Waals surface area contributed by atoms with Gasteiger partial charge in [-0.05, 0) is 108 Å². The van der Waals surface area contributed by atoms with Crippen molar-refractivity contribution >= 4 is 108 Å². The first-order valence-electron chi connectivity index (χ1n) is 28.6. The Kier molecular flexibility index (Phi) is 26.0. The molecule has 0 unspecified atom stereocenters. The number of allylic oxidation sites excluding steroid dienone is 3. The van der Waals surface area contributed by atoms with Crippen molar-refractivity contribution in [3.63, 3.8) is 0 Å². The molecule has 0 aromatic heterocycles. The summed E-state index contributed by atoms with van der Waals surface area (Å²) in [5.74, 6) is -4.74. The fourth-order valence-corrected chi connectivity index (χ4v) is 12.2. The lowest BCUT2D eigenvalue weighted by Gasteiger charge is -2.42. The van der Waals surface area contributed by atoms with Crippen LogP contribution >= 0.6 is 43.5 Å². The van der Waals surface area contributed by atoms with E-state index in [-0.39, 0.29) is 60.6 Å². The molecule has 9 atom stereocenters. The van der Waals surface area contributed by atoms with Gasteiger partial charge < -0.3 is 65.4 Å². The Labute approximate surface area is 531 Å². The zero-order chi connectivity index (χ0) is 65.6. The number of alkyl carbamates (subject to hydrolysis) is 1. The van der Waals surface area contributed by atoms with Crippen LogP contribution in [0.25, 0.3) is 0 Å². The number of esters is 1. The van der Waals surface area contributed by atoms with E-state index in [0.717, 1.165) is 17.7 Å². The number of halogens is 6. The number of fused-ring (bicyclic) bond motifs is 5. The predicted octanol–water partition coefficient (Wildman–Crippen LogP) is 8.69. The number of benzene rings is 2. The highest BCUT2D eigenvalue weighted by Crippen LogP contribution is 2.49. The van der Waals surface area contributed by atoms with Crippen molar-refractivity contribution in [1.29, 1.82) is 0 Å². The Morgan fingerprint density at radius 2 is 1.69 bits per heavy atom. The first kappa shape index (κ1) is 72.5. The molecule has 0 saturated carbocycles. The fourth-order valence-electron chi connectivity index (χ4n) is 10.3. The Bertz CT molecular complexity index is 2940. The zero-order valence-electron chi connectivity index (χ0n) is 50.8. The third-order valence-corrected chi connectivity index (χ3v) is 17.4. The van der Waals surface area contributed by atoms with Crippen molar-refractivity contribution < 1.29 is 85.1 Å². The van der Waals surface area contributed by atoms with Gasteiger partial charge in [0.05, 0.1) is 42.5 Å². The van der Waals surface area contributed by atoms with E-state index in [1.54, 1.807) is 65.0 Å². The van der Waals surface area contributed by atoms with Gasteiger partial charge in [-0.2, -0.15) is 13.2 Å². The molecular formula is C59H80Br2ClF3N8O15. The number of ether oxygens (including phenoxy) is 6. The van der Waals surface area contributed by atoms with Crippen LogP contribution in [0.1, 0.15) is 111 Å². The molecule has 88 heavy (non-hydrogen) atoms. The molecule has 29 heteroatoms. The number of urea groups is 1. The van der Waals surface area contributed by atoms with Gasteiger partial charge in [0.25, 0.3) is 0 Å². The average Bonchev–Trinajstić information content (AvgIpc) is 1.65. The largest absolute Gasteiger partial charge is 0.495 e. The van der Waals surface area contributed by atoms with E-state index in [1.807, 2.05) is 6.92 Å². The van der Waals surface area contributed by atoms with Gasteiger partial charge in [0.1, 0.15) is 52.4 Å². The molecule has 23 nitrogen and oxygen atoms in total. The van der Waals surface area contributed by atoms with Gasteiger partial charge in [0.2, 0.25) is 23.6 Å². The number of nitrogens with zero attached hydrogens (tertiary/aromatic N) is 1. The number of hydrogen-bond acceptors (Lipinski definition) is 15. The molecule has 488 valence electrons. The number of anilines is 3. The molecule has 2 fully saturated rings. The molecule has 2 aromatic carbocycles. The number of hydrogen-bond donors (Lipinski definition) is 8. The summed E-state index contributed by atoms with van der Waals surface area (Å²) in [5, 5.41) is 27.4. The molecule has 5 rings (SSSR count). The van der Waals surface area contributed by atoms with Crippen LogP contribution in [0.5, 0.6) is 5.75 Å². The second kappa shape index (κ2) is 31.5. The molecule has 9 N–H and O–H groups in total. The second-order valence-corrected chi connectivity index (χ2v) is 24.9. The smallest absolute Gasteiger partial charge is 0.418 e. The van der Waals surface area contributed by atoms with Crippen LogP contribution in [-0.4, -0.2) is 145 Å². The van der Waals surface area contributed by atoms with Crippen LogP contribution in [0.3, 0.4) is 0 Å². The molecule has 0 radical (unpaired) electrons. The number of aliphatic hydroxyl groups is 1. The van der Waals surface area contributed by atoms with Gasteiger partial charge >= 0.3 is 30.4 Å². The Morgan fingerprint density at radius 3 is 2.32 bits per heavy atom. The minimum absolute atomic E-state index is 0.00370. The number of nitrogens with two attached hydrogens (primary N) is 1. The molecule has 2 saturated heterocycles. The molecule has 4 bridgehead atoms. The summed E-state index contributed by atoms with van der Waals surface area (Å²) in [4.78, 5) is 108. The van der Waals surface area contributed by atoms with Gasteiger partial charge in [-0.1, -0.05) is 88.0 Å². The van der Waals surface area contributed by atoms with E-state index < -0.39 is 137 Å². The number of alkyl halides is 5. The van der Waals surface area contributed by atoms with E-state index in [1.165, 1.54) is 33.1 Å². The van der Waals surface area contributed by atoms with Crippen molar-refractivity contribution in [1.82, 2.24) is 21.3 Å². The van der Waals surface area contributed by atoms with Crippen molar-refractivity contribution in [2.45, 2.75) is 166 Å². The number of amides is 8. The quantitative estimate of drug-likeness (QED) is 0.0170.